The summed E-state index contributed by atoms with van der Waals surface area (Å²) >= 11 is 0. The van der Waals surface area contributed by atoms with Crippen molar-refractivity contribution in [1.82, 2.24) is 15.1 Å². The SMILES string of the molecule is CC(C)(C)c1cc2n(n1)C1CCNCC1CN2. The highest BCUT2D eigenvalue weighted by atomic mass is 15.4. The zero-order valence-electron chi connectivity index (χ0n) is 11.0. The summed E-state index contributed by atoms with van der Waals surface area (Å²) in [6.45, 7) is 9.98. The van der Waals surface area contributed by atoms with Gasteiger partial charge >= 0.3 is 0 Å². The quantitative estimate of drug-likeness (QED) is 0.718. The van der Waals surface area contributed by atoms with E-state index < -0.39 is 0 Å². The van der Waals surface area contributed by atoms with Crippen LogP contribution in [0.15, 0.2) is 6.07 Å². The molecule has 1 saturated heterocycles. The molecule has 0 bridgehead atoms. The molecule has 0 saturated carbocycles. The van der Waals surface area contributed by atoms with Crippen molar-refractivity contribution in [2.24, 2.45) is 5.92 Å². The van der Waals surface area contributed by atoms with Gasteiger partial charge in [-0.1, -0.05) is 20.8 Å². The van der Waals surface area contributed by atoms with Gasteiger partial charge in [0.25, 0.3) is 0 Å². The van der Waals surface area contributed by atoms with Gasteiger partial charge in [-0.15, -0.1) is 0 Å². The van der Waals surface area contributed by atoms with Gasteiger partial charge in [-0.05, 0) is 13.0 Å². The molecule has 2 N–H and O–H groups in total. The van der Waals surface area contributed by atoms with E-state index >= 15 is 0 Å². The van der Waals surface area contributed by atoms with Crippen LogP contribution in [0, 0.1) is 5.92 Å². The monoisotopic (exact) mass is 234 g/mol. The number of piperidine rings is 1. The summed E-state index contributed by atoms with van der Waals surface area (Å²) in [5, 5.41) is 11.8. The predicted octanol–water partition coefficient (Wildman–Crippen LogP) is 1.76. The second-order valence-corrected chi connectivity index (χ2v) is 6.31. The topological polar surface area (TPSA) is 41.9 Å². The number of rotatable bonds is 0. The Labute approximate surface area is 103 Å². The largest absolute Gasteiger partial charge is 0.370 e. The molecule has 3 heterocycles. The summed E-state index contributed by atoms with van der Waals surface area (Å²) < 4.78 is 2.23. The smallest absolute Gasteiger partial charge is 0.124 e. The maximum atomic E-state index is 4.83. The predicted molar refractivity (Wildman–Crippen MR) is 69.4 cm³/mol. The summed E-state index contributed by atoms with van der Waals surface area (Å²) in [5.74, 6) is 1.89. The average molecular weight is 234 g/mol. The van der Waals surface area contributed by atoms with Crippen molar-refractivity contribution in [3.05, 3.63) is 11.8 Å². The molecular formula is C13H22N4. The Kier molecular flexibility index (Phi) is 2.43. The van der Waals surface area contributed by atoms with E-state index in [1.165, 1.54) is 17.9 Å². The van der Waals surface area contributed by atoms with Crippen LogP contribution < -0.4 is 10.6 Å². The molecule has 3 rings (SSSR count). The lowest BCUT2D eigenvalue weighted by atomic mass is 9.91. The molecule has 4 heteroatoms. The van der Waals surface area contributed by atoms with Crippen LogP contribution in [0.2, 0.25) is 0 Å². The zero-order valence-corrected chi connectivity index (χ0v) is 11.0. The summed E-state index contributed by atoms with van der Waals surface area (Å²) in [7, 11) is 0. The summed E-state index contributed by atoms with van der Waals surface area (Å²) in [6, 6.07) is 2.81. The van der Waals surface area contributed by atoms with Crippen LogP contribution in [0.1, 0.15) is 38.9 Å². The first-order valence-electron chi connectivity index (χ1n) is 6.60. The minimum atomic E-state index is 0.133. The second-order valence-electron chi connectivity index (χ2n) is 6.31. The van der Waals surface area contributed by atoms with Crippen LogP contribution in [0.25, 0.3) is 0 Å². The van der Waals surface area contributed by atoms with Gasteiger partial charge in [0.1, 0.15) is 5.82 Å². The summed E-state index contributed by atoms with van der Waals surface area (Å²) in [5.41, 5.74) is 1.33. The number of anilines is 1. The van der Waals surface area contributed by atoms with Gasteiger partial charge in [0.2, 0.25) is 0 Å². The molecular weight excluding hydrogens is 212 g/mol. The Morgan fingerprint density at radius 1 is 1.35 bits per heavy atom. The first-order chi connectivity index (χ1) is 8.05. The molecule has 94 valence electrons. The van der Waals surface area contributed by atoms with Crippen molar-refractivity contribution in [2.45, 2.75) is 38.6 Å². The Bertz CT molecular complexity index is 416. The van der Waals surface area contributed by atoms with Gasteiger partial charge in [0.05, 0.1) is 11.7 Å². The standard InChI is InChI=1S/C13H22N4/c1-13(2,3)11-6-12-15-8-9-7-14-5-4-10(9)17(12)16-11/h6,9-10,14-15H,4-5,7-8H2,1-3H3. The molecule has 2 aliphatic rings. The minimum absolute atomic E-state index is 0.133. The molecule has 17 heavy (non-hydrogen) atoms. The van der Waals surface area contributed by atoms with Crippen molar-refractivity contribution < 1.29 is 0 Å². The molecule has 0 aromatic carbocycles. The van der Waals surface area contributed by atoms with Gasteiger partial charge in [-0.25, -0.2) is 4.68 Å². The first kappa shape index (κ1) is 11.1. The number of fused-ring (bicyclic) bond motifs is 3. The second kappa shape index (κ2) is 3.73. The fraction of sp³-hybridized carbons (Fsp3) is 0.769. The Morgan fingerprint density at radius 2 is 2.18 bits per heavy atom. The lowest BCUT2D eigenvalue weighted by molar-refractivity contribution is 0.236. The van der Waals surface area contributed by atoms with Crippen molar-refractivity contribution >= 4 is 5.82 Å². The van der Waals surface area contributed by atoms with E-state index in [1.54, 1.807) is 0 Å². The van der Waals surface area contributed by atoms with Crippen molar-refractivity contribution in [1.29, 1.82) is 0 Å². The number of nitrogens with zero attached hydrogens (tertiary/aromatic N) is 2. The van der Waals surface area contributed by atoms with E-state index in [0.29, 0.717) is 12.0 Å². The van der Waals surface area contributed by atoms with E-state index in [9.17, 15) is 0 Å². The van der Waals surface area contributed by atoms with Crippen molar-refractivity contribution in [3.8, 4) is 0 Å². The Morgan fingerprint density at radius 3 is 2.94 bits per heavy atom. The minimum Gasteiger partial charge on any atom is -0.370 e. The van der Waals surface area contributed by atoms with Crippen molar-refractivity contribution in [3.63, 3.8) is 0 Å². The van der Waals surface area contributed by atoms with Gasteiger partial charge in [0.15, 0.2) is 0 Å². The van der Waals surface area contributed by atoms with Crippen LogP contribution in [0.4, 0.5) is 5.82 Å². The van der Waals surface area contributed by atoms with Gasteiger partial charge in [-0.2, -0.15) is 5.10 Å². The first-order valence-corrected chi connectivity index (χ1v) is 6.60. The van der Waals surface area contributed by atoms with E-state index in [0.717, 1.165) is 19.6 Å². The Hall–Kier alpha value is -1.03. The van der Waals surface area contributed by atoms with Crippen molar-refractivity contribution in [2.75, 3.05) is 25.0 Å². The van der Waals surface area contributed by atoms with Crippen LogP contribution in [-0.4, -0.2) is 29.4 Å². The molecule has 1 aromatic heterocycles. The third-order valence-electron chi connectivity index (χ3n) is 3.93. The highest BCUT2D eigenvalue weighted by molar-refractivity contribution is 5.41. The van der Waals surface area contributed by atoms with Crippen LogP contribution in [0.5, 0.6) is 0 Å². The molecule has 0 radical (unpaired) electrons. The lowest BCUT2D eigenvalue weighted by Gasteiger charge is -2.37. The highest BCUT2D eigenvalue weighted by Gasteiger charge is 2.33. The number of hydrogen-bond donors (Lipinski definition) is 2. The third kappa shape index (κ3) is 1.84. The summed E-state index contributed by atoms with van der Waals surface area (Å²) in [4.78, 5) is 0. The van der Waals surface area contributed by atoms with Gasteiger partial charge < -0.3 is 10.6 Å². The molecule has 2 atom stereocenters. The van der Waals surface area contributed by atoms with Gasteiger partial charge in [-0.3, -0.25) is 0 Å². The lowest BCUT2D eigenvalue weighted by Crippen LogP contribution is -2.44. The molecule has 2 aliphatic heterocycles. The molecule has 1 fully saturated rings. The third-order valence-corrected chi connectivity index (χ3v) is 3.93. The molecule has 0 spiro atoms. The molecule has 0 amide bonds. The fourth-order valence-corrected chi connectivity index (χ4v) is 2.82. The van der Waals surface area contributed by atoms with E-state index in [2.05, 4.69) is 42.2 Å². The summed E-state index contributed by atoms with van der Waals surface area (Å²) in [6.07, 6.45) is 1.20. The zero-order chi connectivity index (χ0) is 12.0. The maximum Gasteiger partial charge on any atom is 0.124 e. The molecule has 1 aromatic rings. The molecule has 4 nitrogen and oxygen atoms in total. The normalized spacial score (nSPS) is 28.2. The molecule has 0 aliphatic carbocycles. The molecule has 2 unspecified atom stereocenters. The average Bonchev–Trinajstić information content (AvgIpc) is 2.72. The number of aromatic nitrogens is 2. The van der Waals surface area contributed by atoms with E-state index in [4.69, 9.17) is 5.10 Å². The van der Waals surface area contributed by atoms with E-state index in [1.807, 2.05) is 0 Å². The number of nitrogens with one attached hydrogen (secondary N) is 2. The van der Waals surface area contributed by atoms with E-state index in [-0.39, 0.29) is 5.41 Å². The number of hydrogen-bond acceptors (Lipinski definition) is 3. The Balaban J connectivity index is 1.96. The highest BCUT2D eigenvalue weighted by Crippen LogP contribution is 2.34. The van der Waals surface area contributed by atoms with Crippen LogP contribution in [-0.2, 0) is 5.41 Å². The van der Waals surface area contributed by atoms with Crippen LogP contribution >= 0.6 is 0 Å². The maximum absolute atomic E-state index is 4.83. The fourth-order valence-electron chi connectivity index (χ4n) is 2.82. The van der Waals surface area contributed by atoms with Crippen LogP contribution in [0.3, 0.4) is 0 Å². The van der Waals surface area contributed by atoms with Gasteiger partial charge in [0, 0.05) is 30.5 Å².